The average Bonchev–Trinajstić information content (AvgIpc) is 2.74. The van der Waals surface area contributed by atoms with Gasteiger partial charge in [0, 0.05) is 11.4 Å². The van der Waals surface area contributed by atoms with E-state index in [1.54, 1.807) is 12.3 Å². The molecule has 8 nitrogen and oxygen atoms in total. The summed E-state index contributed by atoms with van der Waals surface area (Å²) in [4.78, 5) is 24.3. The molecule has 0 spiro atoms. The van der Waals surface area contributed by atoms with Crippen molar-refractivity contribution in [3.05, 3.63) is 49.5 Å². The van der Waals surface area contributed by atoms with Gasteiger partial charge in [-0.05, 0) is 13.0 Å². The number of nitrogens with one attached hydrogen (secondary N) is 1. The molecular formula is C10H8N4O4S. The first-order valence-electron chi connectivity index (χ1n) is 5.09. The Morgan fingerprint density at radius 1 is 1.26 bits per heavy atom. The van der Waals surface area contributed by atoms with Gasteiger partial charge in [-0.3, -0.25) is 20.2 Å². The number of nitro groups is 2. The second-order valence-electron chi connectivity index (χ2n) is 3.63. The van der Waals surface area contributed by atoms with E-state index in [9.17, 15) is 20.2 Å². The molecule has 19 heavy (non-hydrogen) atoms. The molecule has 1 aromatic heterocycles. The molecular weight excluding hydrogens is 272 g/mol. The first-order chi connectivity index (χ1) is 8.97. The minimum Gasteiger partial charge on any atom is -0.326 e. The third-order valence-corrected chi connectivity index (χ3v) is 3.13. The first-order valence-corrected chi connectivity index (χ1v) is 5.97. The van der Waals surface area contributed by atoms with E-state index in [-0.39, 0.29) is 17.1 Å². The van der Waals surface area contributed by atoms with Crippen LogP contribution in [0.15, 0.2) is 23.6 Å². The summed E-state index contributed by atoms with van der Waals surface area (Å²) in [6, 6.07) is 3.42. The molecule has 2 aromatic rings. The first kappa shape index (κ1) is 12.9. The van der Waals surface area contributed by atoms with Crippen molar-refractivity contribution in [2.45, 2.75) is 6.92 Å². The van der Waals surface area contributed by atoms with E-state index in [1.165, 1.54) is 23.5 Å². The Hall–Kier alpha value is -2.55. The quantitative estimate of drug-likeness (QED) is 0.680. The highest BCUT2D eigenvalue weighted by Crippen LogP contribution is 2.32. The molecule has 2 rings (SSSR count). The molecule has 0 atom stereocenters. The fourth-order valence-electron chi connectivity index (χ4n) is 1.42. The molecule has 0 aliphatic carbocycles. The lowest BCUT2D eigenvalue weighted by Crippen LogP contribution is -1.98. The zero-order valence-electron chi connectivity index (χ0n) is 9.69. The van der Waals surface area contributed by atoms with Crippen molar-refractivity contribution in [3.8, 4) is 0 Å². The molecule has 1 aromatic carbocycles. The number of non-ortho nitro benzene ring substituents is 1. The number of benzene rings is 1. The van der Waals surface area contributed by atoms with Gasteiger partial charge in [0.15, 0.2) is 5.13 Å². The minimum atomic E-state index is -0.676. The molecule has 0 radical (unpaired) electrons. The van der Waals surface area contributed by atoms with E-state index in [0.29, 0.717) is 5.13 Å². The maximum atomic E-state index is 10.9. The summed E-state index contributed by atoms with van der Waals surface area (Å²) in [6.07, 6.45) is 0. The van der Waals surface area contributed by atoms with E-state index in [4.69, 9.17) is 0 Å². The predicted octanol–water partition coefficient (Wildman–Crippen LogP) is 3.01. The topological polar surface area (TPSA) is 111 Å². The minimum absolute atomic E-state index is 0.171. The number of hydrogen-bond donors (Lipinski definition) is 1. The highest BCUT2D eigenvalue weighted by Gasteiger charge is 2.20. The van der Waals surface area contributed by atoms with Gasteiger partial charge in [-0.1, -0.05) is 0 Å². The predicted molar refractivity (Wildman–Crippen MR) is 69.9 cm³/mol. The van der Waals surface area contributed by atoms with Crippen LogP contribution in [-0.4, -0.2) is 14.8 Å². The molecule has 0 aliphatic heterocycles. The number of nitro benzene ring substituents is 2. The molecule has 0 saturated heterocycles. The maximum Gasteiger partial charge on any atom is 0.299 e. The summed E-state index contributed by atoms with van der Waals surface area (Å²) in [5.41, 5.74) is 0.275. The van der Waals surface area contributed by atoms with Crippen LogP contribution in [0.25, 0.3) is 0 Å². The monoisotopic (exact) mass is 280 g/mol. The lowest BCUT2D eigenvalue weighted by atomic mass is 10.2. The van der Waals surface area contributed by atoms with Crippen molar-refractivity contribution < 1.29 is 9.85 Å². The molecule has 9 heteroatoms. The smallest absolute Gasteiger partial charge is 0.299 e. The van der Waals surface area contributed by atoms with Crippen molar-refractivity contribution in [3.63, 3.8) is 0 Å². The Balaban J connectivity index is 2.39. The van der Waals surface area contributed by atoms with Gasteiger partial charge in [-0.15, -0.1) is 11.3 Å². The van der Waals surface area contributed by atoms with E-state index in [2.05, 4.69) is 10.3 Å². The number of rotatable bonds is 4. The fraction of sp³-hybridized carbons (Fsp3) is 0.100. The summed E-state index contributed by atoms with van der Waals surface area (Å²) >= 11 is 1.30. The van der Waals surface area contributed by atoms with Crippen molar-refractivity contribution in [1.82, 2.24) is 4.98 Å². The molecule has 0 fully saturated rings. The van der Waals surface area contributed by atoms with Crippen LogP contribution in [0.2, 0.25) is 0 Å². The molecule has 0 amide bonds. The van der Waals surface area contributed by atoms with Crippen LogP contribution in [0, 0.1) is 27.2 Å². The third kappa shape index (κ3) is 2.83. The Morgan fingerprint density at radius 3 is 2.53 bits per heavy atom. The number of nitrogens with zero attached hydrogens (tertiary/aromatic N) is 3. The van der Waals surface area contributed by atoms with Crippen molar-refractivity contribution in [2.75, 3.05) is 5.32 Å². The van der Waals surface area contributed by atoms with E-state index in [0.717, 1.165) is 11.8 Å². The van der Waals surface area contributed by atoms with E-state index in [1.807, 2.05) is 0 Å². The summed E-state index contributed by atoms with van der Waals surface area (Å²) in [5, 5.41) is 26.6. The van der Waals surface area contributed by atoms with Crippen LogP contribution >= 0.6 is 11.3 Å². The largest absolute Gasteiger partial charge is 0.326 e. The molecule has 0 bridgehead atoms. The molecule has 1 N–H and O–H groups in total. The van der Waals surface area contributed by atoms with Crippen LogP contribution in [0.1, 0.15) is 5.69 Å². The molecule has 1 heterocycles. The van der Waals surface area contributed by atoms with Crippen molar-refractivity contribution in [1.29, 1.82) is 0 Å². The normalized spacial score (nSPS) is 10.2. The van der Waals surface area contributed by atoms with Gasteiger partial charge in [0.25, 0.3) is 11.4 Å². The summed E-state index contributed by atoms with van der Waals surface area (Å²) < 4.78 is 0. The molecule has 0 aliphatic rings. The zero-order valence-corrected chi connectivity index (χ0v) is 10.5. The Morgan fingerprint density at radius 2 is 2.00 bits per heavy atom. The van der Waals surface area contributed by atoms with Crippen LogP contribution in [0.3, 0.4) is 0 Å². The highest BCUT2D eigenvalue weighted by atomic mass is 32.1. The van der Waals surface area contributed by atoms with E-state index >= 15 is 0 Å². The van der Waals surface area contributed by atoms with E-state index < -0.39 is 9.85 Å². The summed E-state index contributed by atoms with van der Waals surface area (Å²) in [5.74, 6) is 0. The number of aryl methyl sites for hydroxylation is 1. The van der Waals surface area contributed by atoms with Gasteiger partial charge in [-0.25, -0.2) is 4.98 Å². The average molecular weight is 280 g/mol. The highest BCUT2D eigenvalue weighted by molar-refractivity contribution is 7.13. The van der Waals surface area contributed by atoms with Crippen LogP contribution in [-0.2, 0) is 0 Å². The zero-order chi connectivity index (χ0) is 14.0. The number of hydrogen-bond acceptors (Lipinski definition) is 7. The molecule has 0 unspecified atom stereocenters. The fourth-order valence-corrected chi connectivity index (χ4v) is 2.12. The maximum absolute atomic E-state index is 10.9. The Bertz CT molecular complexity index is 655. The van der Waals surface area contributed by atoms with Crippen molar-refractivity contribution >= 4 is 33.5 Å². The lowest BCUT2D eigenvalue weighted by molar-refractivity contribution is -0.393. The third-order valence-electron chi connectivity index (χ3n) is 2.25. The van der Waals surface area contributed by atoms with Gasteiger partial charge in [0.1, 0.15) is 5.69 Å². The van der Waals surface area contributed by atoms with Gasteiger partial charge in [0.2, 0.25) is 0 Å². The molecule has 98 valence electrons. The van der Waals surface area contributed by atoms with Crippen LogP contribution < -0.4 is 5.32 Å². The summed E-state index contributed by atoms with van der Waals surface area (Å²) in [6.45, 7) is 1.80. The summed E-state index contributed by atoms with van der Waals surface area (Å²) in [7, 11) is 0. The second kappa shape index (κ2) is 4.98. The van der Waals surface area contributed by atoms with Gasteiger partial charge in [-0.2, -0.15) is 0 Å². The van der Waals surface area contributed by atoms with Crippen LogP contribution in [0.5, 0.6) is 0 Å². The Kier molecular flexibility index (Phi) is 3.38. The van der Waals surface area contributed by atoms with Crippen LogP contribution in [0.4, 0.5) is 22.2 Å². The van der Waals surface area contributed by atoms with Gasteiger partial charge >= 0.3 is 0 Å². The Labute approximate surface area is 111 Å². The van der Waals surface area contributed by atoms with Gasteiger partial charge in [0.05, 0.1) is 21.6 Å². The van der Waals surface area contributed by atoms with Gasteiger partial charge < -0.3 is 5.32 Å². The number of aromatic nitrogens is 1. The number of thiazole rings is 1. The standard InChI is InChI=1S/C10H8N4O4S/c1-6-5-19-10(11-6)12-8-3-2-7(13(15)16)4-9(8)14(17)18/h2-5H,1H3,(H,11,12). The van der Waals surface area contributed by atoms with Crippen molar-refractivity contribution in [2.24, 2.45) is 0 Å². The SMILES string of the molecule is Cc1csc(Nc2ccc([N+](=O)[O-])cc2[N+](=O)[O-])n1. The lowest BCUT2D eigenvalue weighted by Gasteiger charge is -2.03. The number of anilines is 2. The molecule has 0 saturated carbocycles. The second-order valence-corrected chi connectivity index (χ2v) is 4.49.